The molecule has 45 heavy (non-hydrogen) atoms. The van der Waals surface area contributed by atoms with Gasteiger partial charge in [-0.3, -0.25) is 19.2 Å². The van der Waals surface area contributed by atoms with Crippen LogP contribution in [-0.4, -0.2) is 78.7 Å². The summed E-state index contributed by atoms with van der Waals surface area (Å²) in [5.74, 6) is -1.99. The zero-order valence-electron chi connectivity index (χ0n) is 27.2. The van der Waals surface area contributed by atoms with E-state index in [0.717, 1.165) is 44.3 Å². The number of likely N-dealkylation sites (N-methyl/N-ethyl adjacent to an activating group) is 1. The lowest BCUT2D eigenvalue weighted by Crippen LogP contribution is -2.55. The second-order valence-corrected chi connectivity index (χ2v) is 12.6. The second-order valence-electron chi connectivity index (χ2n) is 12.6. The molecule has 0 radical (unpaired) electrons. The molecule has 1 aliphatic carbocycles. The van der Waals surface area contributed by atoms with Crippen LogP contribution in [0.5, 0.6) is 0 Å². The average molecular weight is 626 g/mol. The number of rotatable bonds is 11. The van der Waals surface area contributed by atoms with Crippen LogP contribution in [0.2, 0.25) is 0 Å². The molecule has 246 valence electrons. The minimum Gasteiger partial charge on any atom is -0.459 e. The molecule has 2 aromatic rings. The second kappa shape index (κ2) is 15.5. The van der Waals surface area contributed by atoms with Crippen LogP contribution < -0.4 is 16.0 Å². The molecule has 2 aliphatic rings. The summed E-state index contributed by atoms with van der Waals surface area (Å²) in [6.07, 6.45) is 5.70. The first-order valence-electron chi connectivity index (χ1n) is 16.3. The molecule has 3 N–H and O–H groups in total. The van der Waals surface area contributed by atoms with Crippen LogP contribution in [0.3, 0.4) is 0 Å². The predicted molar refractivity (Wildman–Crippen MR) is 170 cm³/mol. The van der Waals surface area contributed by atoms with Crippen molar-refractivity contribution in [3.05, 3.63) is 53.2 Å². The minimum absolute atomic E-state index is 0.0221. The van der Waals surface area contributed by atoms with E-state index in [2.05, 4.69) is 27.8 Å². The molecule has 1 aromatic carbocycles. The van der Waals surface area contributed by atoms with Crippen molar-refractivity contribution in [2.75, 3.05) is 38.5 Å². The van der Waals surface area contributed by atoms with Gasteiger partial charge in [-0.2, -0.15) is 0 Å². The first kappa shape index (κ1) is 34.1. The van der Waals surface area contributed by atoms with Gasteiger partial charge in [-0.1, -0.05) is 46.6 Å². The van der Waals surface area contributed by atoms with Crippen LogP contribution >= 0.6 is 0 Å². The highest BCUT2D eigenvalue weighted by atomic mass is 19.1. The molecule has 0 unspecified atom stereocenters. The number of hydrogen-bond donors (Lipinski definition) is 3. The van der Waals surface area contributed by atoms with Crippen molar-refractivity contribution in [3.8, 4) is 0 Å². The van der Waals surface area contributed by atoms with Crippen molar-refractivity contribution in [2.45, 2.75) is 84.2 Å². The zero-order chi connectivity index (χ0) is 32.7. The van der Waals surface area contributed by atoms with Gasteiger partial charge < -0.3 is 30.2 Å². The molecule has 10 nitrogen and oxygen atoms in total. The molecule has 1 aliphatic heterocycles. The number of amides is 4. The lowest BCUT2D eigenvalue weighted by molar-refractivity contribution is -0.138. The van der Waals surface area contributed by atoms with Crippen LogP contribution in [-0.2, 0) is 20.8 Å². The molecule has 4 amide bonds. The van der Waals surface area contributed by atoms with E-state index in [9.17, 15) is 19.2 Å². The largest absolute Gasteiger partial charge is 0.459 e. The van der Waals surface area contributed by atoms with Gasteiger partial charge in [0.1, 0.15) is 17.9 Å². The summed E-state index contributed by atoms with van der Waals surface area (Å²) in [4.78, 5) is 56.6. The van der Waals surface area contributed by atoms with E-state index in [1.54, 1.807) is 30.9 Å². The van der Waals surface area contributed by atoms with E-state index >= 15 is 4.39 Å². The van der Waals surface area contributed by atoms with Crippen LogP contribution in [0.25, 0.3) is 0 Å². The van der Waals surface area contributed by atoms with Gasteiger partial charge in [0.2, 0.25) is 17.7 Å². The van der Waals surface area contributed by atoms with E-state index in [0.29, 0.717) is 31.0 Å². The number of nitrogens with zero attached hydrogens (tertiary/aromatic N) is 2. The van der Waals surface area contributed by atoms with Crippen LogP contribution in [0.1, 0.15) is 87.4 Å². The Morgan fingerprint density at radius 1 is 1.00 bits per heavy atom. The summed E-state index contributed by atoms with van der Waals surface area (Å²) in [5.41, 5.74) is 1.25. The number of anilines is 1. The smallest absolute Gasteiger partial charge is 0.287 e. The molecule has 1 saturated heterocycles. The van der Waals surface area contributed by atoms with Gasteiger partial charge in [-0.25, -0.2) is 4.39 Å². The quantitative estimate of drug-likeness (QED) is 0.342. The summed E-state index contributed by atoms with van der Waals surface area (Å²) >= 11 is 0. The fraction of sp³-hybridized carbons (Fsp3) is 0.588. The Morgan fingerprint density at radius 2 is 1.69 bits per heavy atom. The summed E-state index contributed by atoms with van der Waals surface area (Å²) < 4.78 is 21.0. The molecule has 4 rings (SSSR count). The van der Waals surface area contributed by atoms with Gasteiger partial charge in [0.05, 0.1) is 12.0 Å². The van der Waals surface area contributed by atoms with E-state index in [-0.39, 0.29) is 35.6 Å². The summed E-state index contributed by atoms with van der Waals surface area (Å²) in [5, 5.41) is 8.43. The van der Waals surface area contributed by atoms with Gasteiger partial charge in [-0.05, 0) is 61.9 Å². The molecule has 3 atom stereocenters. The fourth-order valence-electron chi connectivity index (χ4n) is 6.26. The molecular formula is C34H48FN5O5. The number of carbonyl (C=O) groups excluding carboxylic acids is 4. The Hall–Kier alpha value is -3.73. The highest BCUT2D eigenvalue weighted by molar-refractivity contribution is 6.01. The van der Waals surface area contributed by atoms with Crippen molar-refractivity contribution >= 4 is 29.3 Å². The SMILES string of the molecule is CCC(=O)N[C@@H](C(=O)N1CCN(C)CC1)[C@@H](C)c1ccc(NC(=O)[C@@H](NC(=O)c2occc2CC)C2CCC(C)CC2)c(F)c1. The number of aryl methyl sites for hydroxylation is 1. The molecule has 1 saturated carbocycles. The Kier molecular flexibility index (Phi) is 11.8. The van der Waals surface area contributed by atoms with Crippen molar-refractivity contribution < 1.29 is 28.0 Å². The fourth-order valence-corrected chi connectivity index (χ4v) is 6.26. The minimum atomic E-state index is -0.868. The standard InChI is InChI=1S/C34H48FN5O5/c1-6-23-14-19-45-31(23)33(43)38-30(24-10-8-21(3)9-11-24)32(42)36-27-13-12-25(20-26(27)35)22(4)29(37-28(41)7-2)34(44)40-17-15-39(5)16-18-40/h12-14,19-22,24,29-30H,6-11,15-18H2,1-5H3,(H,36,42)(H,37,41)(H,38,43)/t21?,22-,24?,29+,30-/m0/s1. The molecule has 0 bridgehead atoms. The lowest BCUT2D eigenvalue weighted by atomic mass is 9.79. The number of furan rings is 1. The third-order valence-corrected chi connectivity index (χ3v) is 9.43. The van der Waals surface area contributed by atoms with Gasteiger partial charge in [-0.15, -0.1) is 0 Å². The van der Waals surface area contributed by atoms with Crippen LogP contribution in [0.15, 0.2) is 34.9 Å². The Morgan fingerprint density at radius 3 is 2.31 bits per heavy atom. The third kappa shape index (κ3) is 8.51. The molecule has 2 fully saturated rings. The van der Waals surface area contributed by atoms with E-state index < -0.39 is 35.6 Å². The van der Waals surface area contributed by atoms with Crippen molar-refractivity contribution in [1.29, 1.82) is 0 Å². The number of benzene rings is 1. The summed E-state index contributed by atoms with van der Waals surface area (Å²) in [7, 11) is 2.00. The first-order valence-corrected chi connectivity index (χ1v) is 16.3. The van der Waals surface area contributed by atoms with E-state index in [1.807, 2.05) is 14.0 Å². The zero-order valence-corrected chi connectivity index (χ0v) is 27.2. The van der Waals surface area contributed by atoms with Crippen LogP contribution in [0, 0.1) is 17.7 Å². The number of halogens is 1. The molecule has 2 heterocycles. The van der Waals surface area contributed by atoms with E-state index in [4.69, 9.17) is 4.42 Å². The molecule has 11 heteroatoms. The molecule has 0 spiro atoms. The van der Waals surface area contributed by atoms with Crippen molar-refractivity contribution in [1.82, 2.24) is 20.4 Å². The Balaban J connectivity index is 1.52. The predicted octanol–water partition coefficient (Wildman–Crippen LogP) is 4.32. The summed E-state index contributed by atoms with van der Waals surface area (Å²) in [6, 6.07) is 4.45. The maximum atomic E-state index is 15.6. The van der Waals surface area contributed by atoms with Gasteiger partial charge in [0, 0.05) is 44.1 Å². The van der Waals surface area contributed by atoms with Crippen molar-refractivity contribution in [3.63, 3.8) is 0 Å². The van der Waals surface area contributed by atoms with Crippen LogP contribution in [0.4, 0.5) is 10.1 Å². The normalized spacial score (nSPS) is 21.0. The highest BCUT2D eigenvalue weighted by Crippen LogP contribution is 2.32. The summed E-state index contributed by atoms with van der Waals surface area (Å²) in [6.45, 7) is 10.2. The maximum Gasteiger partial charge on any atom is 0.287 e. The van der Waals surface area contributed by atoms with Gasteiger partial charge in [0.25, 0.3) is 5.91 Å². The lowest BCUT2D eigenvalue weighted by Gasteiger charge is -2.36. The number of hydrogen-bond acceptors (Lipinski definition) is 6. The average Bonchev–Trinajstić information content (AvgIpc) is 3.53. The molecular weight excluding hydrogens is 577 g/mol. The third-order valence-electron chi connectivity index (χ3n) is 9.43. The van der Waals surface area contributed by atoms with Gasteiger partial charge in [0.15, 0.2) is 5.76 Å². The highest BCUT2D eigenvalue weighted by Gasteiger charge is 2.35. The van der Waals surface area contributed by atoms with Crippen molar-refractivity contribution in [2.24, 2.45) is 11.8 Å². The number of piperazine rings is 1. The Labute approximate surface area is 265 Å². The maximum absolute atomic E-state index is 15.6. The number of carbonyl (C=O) groups is 4. The monoisotopic (exact) mass is 625 g/mol. The van der Waals surface area contributed by atoms with E-state index in [1.165, 1.54) is 18.4 Å². The topological polar surface area (TPSA) is 124 Å². The number of nitrogens with one attached hydrogen (secondary N) is 3. The Bertz CT molecular complexity index is 1350. The van der Waals surface area contributed by atoms with Gasteiger partial charge >= 0.3 is 0 Å². The first-order chi connectivity index (χ1) is 21.5. The molecule has 1 aromatic heterocycles.